The van der Waals surface area contributed by atoms with Gasteiger partial charge in [-0.2, -0.15) is 0 Å². The maximum absolute atomic E-state index is 13.5. The molecule has 198 valence electrons. The van der Waals surface area contributed by atoms with Crippen molar-refractivity contribution in [2.24, 2.45) is 0 Å². The fraction of sp³-hybridized carbons (Fsp3) is 0.462. The highest BCUT2D eigenvalue weighted by molar-refractivity contribution is 7.92. The van der Waals surface area contributed by atoms with Gasteiger partial charge in [0.15, 0.2) is 0 Å². The average Bonchev–Trinajstić information content (AvgIpc) is 2.79. The van der Waals surface area contributed by atoms with E-state index in [2.05, 4.69) is 5.32 Å². The first-order chi connectivity index (χ1) is 16.9. The minimum absolute atomic E-state index is 0.0505. The van der Waals surface area contributed by atoms with Gasteiger partial charge in [-0.25, -0.2) is 8.42 Å². The molecule has 0 saturated heterocycles. The number of nitrogens with one attached hydrogen (secondary N) is 1. The molecule has 0 spiro atoms. The van der Waals surface area contributed by atoms with E-state index in [0.29, 0.717) is 34.3 Å². The lowest BCUT2D eigenvalue weighted by Gasteiger charge is -2.31. The smallest absolute Gasteiger partial charge is 0.242 e. The summed E-state index contributed by atoms with van der Waals surface area (Å²) in [5.74, 6) is -0.539. The van der Waals surface area contributed by atoms with Gasteiger partial charge < -0.3 is 10.2 Å². The monoisotopic (exact) mass is 555 g/mol. The Morgan fingerprint density at radius 1 is 1.06 bits per heavy atom. The number of sulfonamides is 1. The fourth-order valence-corrected chi connectivity index (χ4v) is 5.57. The van der Waals surface area contributed by atoms with Crippen molar-refractivity contribution >= 4 is 50.7 Å². The van der Waals surface area contributed by atoms with E-state index >= 15 is 0 Å². The molecule has 0 bridgehead atoms. The Kier molecular flexibility index (Phi) is 11.1. The number of nitrogens with zero attached hydrogens (tertiary/aromatic N) is 2. The van der Waals surface area contributed by atoms with E-state index in [4.69, 9.17) is 23.2 Å². The van der Waals surface area contributed by atoms with E-state index in [1.807, 2.05) is 45.9 Å². The molecule has 0 fully saturated rings. The molecule has 1 unspecified atom stereocenters. The number of anilines is 1. The van der Waals surface area contributed by atoms with Crippen molar-refractivity contribution < 1.29 is 18.0 Å². The Morgan fingerprint density at radius 3 is 2.25 bits per heavy atom. The summed E-state index contributed by atoms with van der Waals surface area (Å²) in [6.07, 6.45) is 1.88. The molecule has 1 atom stereocenters. The molecule has 0 heterocycles. The lowest BCUT2D eigenvalue weighted by Crippen LogP contribution is -2.49. The topological polar surface area (TPSA) is 86.8 Å². The van der Waals surface area contributed by atoms with Gasteiger partial charge in [0.1, 0.15) is 6.04 Å². The highest BCUT2D eigenvalue weighted by Crippen LogP contribution is 2.28. The molecule has 7 nitrogen and oxygen atoms in total. The normalized spacial score (nSPS) is 12.2. The molecule has 1 N–H and O–H groups in total. The van der Waals surface area contributed by atoms with Crippen molar-refractivity contribution in [1.29, 1.82) is 0 Å². The third kappa shape index (κ3) is 7.85. The van der Waals surface area contributed by atoms with Crippen LogP contribution in [0.4, 0.5) is 5.69 Å². The number of carbonyl (C=O) groups is 2. The van der Waals surface area contributed by atoms with Crippen LogP contribution in [-0.2, 0) is 26.2 Å². The maximum atomic E-state index is 13.5. The van der Waals surface area contributed by atoms with Gasteiger partial charge in [-0.15, -0.1) is 0 Å². The van der Waals surface area contributed by atoms with Crippen LogP contribution < -0.4 is 9.62 Å². The second kappa shape index (κ2) is 13.3. The van der Waals surface area contributed by atoms with Crippen LogP contribution in [0.1, 0.15) is 49.8 Å². The number of aryl methyl sites for hydroxylation is 2. The zero-order valence-corrected chi connectivity index (χ0v) is 23.8. The van der Waals surface area contributed by atoms with Crippen LogP contribution in [0.2, 0.25) is 10.0 Å². The van der Waals surface area contributed by atoms with Gasteiger partial charge >= 0.3 is 0 Å². The molecular weight excluding hydrogens is 521 g/mol. The molecule has 2 aromatic carbocycles. The van der Waals surface area contributed by atoms with Gasteiger partial charge in [-0.05, 0) is 62.9 Å². The highest BCUT2D eigenvalue weighted by Gasteiger charge is 2.29. The number of halogens is 2. The predicted molar refractivity (Wildman–Crippen MR) is 147 cm³/mol. The summed E-state index contributed by atoms with van der Waals surface area (Å²) in [6.45, 7) is 8.04. The molecule has 0 aliphatic heterocycles. The second-order valence-electron chi connectivity index (χ2n) is 8.77. The number of rotatable bonds is 12. The zero-order chi connectivity index (χ0) is 27.0. The predicted octanol–water partition coefficient (Wildman–Crippen LogP) is 5.10. The van der Waals surface area contributed by atoms with Crippen molar-refractivity contribution in [1.82, 2.24) is 10.2 Å². The molecule has 0 aliphatic carbocycles. The largest absolute Gasteiger partial charge is 0.355 e. The lowest BCUT2D eigenvalue weighted by atomic mass is 10.1. The van der Waals surface area contributed by atoms with Gasteiger partial charge in [0.25, 0.3) is 0 Å². The first kappa shape index (κ1) is 29.9. The number of hydrogen-bond acceptors (Lipinski definition) is 4. The fourth-order valence-electron chi connectivity index (χ4n) is 4.04. The Hall–Kier alpha value is -2.29. The molecule has 2 aromatic rings. The summed E-state index contributed by atoms with van der Waals surface area (Å²) in [4.78, 5) is 27.7. The van der Waals surface area contributed by atoms with Gasteiger partial charge in [-0.3, -0.25) is 13.9 Å². The van der Waals surface area contributed by atoms with E-state index in [1.165, 1.54) is 9.21 Å². The molecule has 0 aliphatic rings. The summed E-state index contributed by atoms with van der Waals surface area (Å²) in [5.41, 5.74) is 2.92. The number of hydrogen-bond donors (Lipinski definition) is 1. The molecule has 2 amide bonds. The van der Waals surface area contributed by atoms with Crippen LogP contribution in [0.5, 0.6) is 0 Å². The Morgan fingerprint density at radius 2 is 1.69 bits per heavy atom. The maximum Gasteiger partial charge on any atom is 0.242 e. The van der Waals surface area contributed by atoms with Gasteiger partial charge in [0, 0.05) is 41.7 Å². The molecule has 10 heteroatoms. The van der Waals surface area contributed by atoms with Crippen LogP contribution in [0, 0.1) is 13.8 Å². The molecule has 2 rings (SSSR count). The third-order valence-electron chi connectivity index (χ3n) is 5.91. The minimum atomic E-state index is -3.57. The standard InChI is InChI=1S/C26H35Cl2N3O4S/c1-6-23(26(33)29-7-2)30(17-20-21(27)10-8-11-22(20)28)25(32)12-9-15-31(36(5,34)35)24-16-18(3)13-14-19(24)4/h8,10-11,13-14,16,23H,6-7,9,12,15,17H2,1-5H3,(H,29,33). The summed E-state index contributed by atoms with van der Waals surface area (Å²) in [7, 11) is -3.57. The quantitative estimate of drug-likeness (QED) is 0.394. The van der Waals surface area contributed by atoms with Gasteiger partial charge in [0.2, 0.25) is 21.8 Å². The van der Waals surface area contributed by atoms with Crippen LogP contribution >= 0.6 is 23.2 Å². The van der Waals surface area contributed by atoms with E-state index in [1.54, 1.807) is 18.2 Å². The Bertz CT molecular complexity index is 1170. The first-order valence-electron chi connectivity index (χ1n) is 12.0. The lowest BCUT2D eigenvalue weighted by molar-refractivity contribution is -0.141. The number of likely N-dealkylation sites (N-methyl/N-ethyl adjacent to an activating group) is 1. The Labute approximate surface area is 224 Å². The zero-order valence-electron chi connectivity index (χ0n) is 21.5. The number of amides is 2. The van der Waals surface area contributed by atoms with E-state index < -0.39 is 16.1 Å². The minimum Gasteiger partial charge on any atom is -0.355 e. The molecular formula is C26H35Cl2N3O4S. The second-order valence-corrected chi connectivity index (χ2v) is 11.5. The van der Waals surface area contributed by atoms with Crippen molar-refractivity contribution in [2.75, 3.05) is 23.7 Å². The molecule has 0 radical (unpaired) electrons. The molecule has 0 saturated carbocycles. The van der Waals surface area contributed by atoms with Gasteiger partial charge in [-0.1, -0.05) is 48.3 Å². The van der Waals surface area contributed by atoms with Crippen molar-refractivity contribution in [3.8, 4) is 0 Å². The Balaban J connectivity index is 2.29. The van der Waals surface area contributed by atoms with Crippen molar-refractivity contribution in [3.05, 3.63) is 63.1 Å². The summed E-state index contributed by atoms with van der Waals surface area (Å²) >= 11 is 12.7. The van der Waals surface area contributed by atoms with E-state index in [-0.39, 0.29) is 37.7 Å². The SMILES string of the molecule is CCNC(=O)C(CC)N(Cc1c(Cl)cccc1Cl)C(=O)CCCN(c1cc(C)ccc1C)S(C)(=O)=O. The van der Waals surface area contributed by atoms with Crippen molar-refractivity contribution in [2.45, 2.75) is 59.5 Å². The van der Waals surface area contributed by atoms with Crippen LogP contribution in [0.15, 0.2) is 36.4 Å². The van der Waals surface area contributed by atoms with E-state index in [9.17, 15) is 18.0 Å². The first-order valence-corrected chi connectivity index (χ1v) is 14.6. The van der Waals surface area contributed by atoms with Crippen LogP contribution in [-0.4, -0.2) is 50.5 Å². The summed E-state index contributed by atoms with van der Waals surface area (Å²) in [6, 6.07) is 10.0. The summed E-state index contributed by atoms with van der Waals surface area (Å²) in [5, 5.41) is 3.60. The molecule has 36 heavy (non-hydrogen) atoms. The average molecular weight is 557 g/mol. The van der Waals surface area contributed by atoms with Crippen molar-refractivity contribution in [3.63, 3.8) is 0 Å². The summed E-state index contributed by atoms with van der Waals surface area (Å²) < 4.78 is 26.5. The van der Waals surface area contributed by atoms with E-state index in [0.717, 1.165) is 17.4 Å². The molecule has 0 aromatic heterocycles. The van der Waals surface area contributed by atoms with Gasteiger partial charge in [0.05, 0.1) is 11.9 Å². The highest BCUT2D eigenvalue weighted by atomic mass is 35.5. The third-order valence-corrected chi connectivity index (χ3v) is 7.80. The number of benzene rings is 2. The number of carbonyl (C=O) groups excluding carboxylic acids is 2. The van der Waals surface area contributed by atoms with Crippen LogP contribution in [0.3, 0.4) is 0 Å². The van der Waals surface area contributed by atoms with Crippen LogP contribution in [0.25, 0.3) is 0 Å².